The normalized spacial score (nSPS) is 19.9. The number of aromatic nitrogens is 1. The van der Waals surface area contributed by atoms with Crippen LogP contribution in [0.5, 0.6) is 5.75 Å². The molecular formula is C28H20ClN3O6S2. The summed E-state index contributed by atoms with van der Waals surface area (Å²) in [6.07, 6.45) is 0. The first kappa shape index (κ1) is 26.3. The average molecular weight is 594 g/mol. The number of fused-ring (bicyclic) bond motifs is 2. The van der Waals surface area contributed by atoms with Crippen molar-refractivity contribution in [3.05, 3.63) is 113 Å². The van der Waals surface area contributed by atoms with Crippen LogP contribution in [0.1, 0.15) is 27.5 Å². The number of anilines is 1. The number of nitrogens with one attached hydrogen (secondary N) is 1. The number of amides is 2. The van der Waals surface area contributed by atoms with Crippen molar-refractivity contribution in [3.63, 3.8) is 0 Å². The molecule has 9 nitrogen and oxygen atoms in total. The van der Waals surface area contributed by atoms with Gasteiger partial charge in [0.2, 0.25) is 11.8 Å². The molecule has 12 heteroatoms. The predicted molar refractivity (Wildman–Crippen MR) is 152 cm³/mol. The molecule has 0 unspecified atom stereocenters. The molecule has 1 saturated heterocycles. The van der Waals surface area contributed by atoms with Gasteiger partial charge in [-0.25, -0.2) is 4.90 Å². The van der Waals surface area contributed by atoms with Crippen molar-refractivity contribution in [3.8, 4) is 5.75 Å². The number of rotatable bonds is 6. The van der Waals surface area contributed by atoms with Gasteiger partial charge in [-0.3, -0.25) is 24.5 Å². The van der Waals surface area contributed by atoms with Gasteiger partial charge in [0.15, 0.2) is 0 Å². The number of carbonyl (C=O) groups is 2. The molecule has 0 radical (unpaired) electrons. The third-order valence-electron chi connectivity index (χ3n) is 7.09. The van der Waals surface area contributed by atoms with E-state index in [2.05, 4.69) is 4.98 Å². The molecule has 1 N–H and O–H groups in total. The van der Waals surface area contributed by atoms with Gasteiger partial charge in [0.05, 0.1) is 21.6 Å². The lowest BCUT2D eigenvalue weighted by molar-refractivity contribution is -0.385. The topological polar surface area (TPSA) is 123 Å². The van der Waals surface area contributed by atoms with Crippen LogP contribution in [0.3, 0.4) is 0 Å². The van der Waals surface area contributed by atoms with E-state index in [1.807, 2.05) is 31.2 Å². The molecule has 2 amide bonds. The van der Waals surface area contributed by atoms with Gasteiger partial charge in [-0.2, -0.15) is 0 Å². The van der Waals surface area contributed by atoms with E-state index in [4.69, 9.17) is 16.3 Å². The van der Waals surface area contributed by atoms with Crippen LogP contribution in [0.4, 0.5) is 11.4 Å². The molecule has 3 atom stereocenters. The van der Waals surface area contributed by atoms with Gasteiger partial charge in [0.1, 0.15) is 17.6 Å². The molecule has 1 aromatic heterocycles. The fourth-order valence-corrected chi connectivity index (χ4v) is 7.78. The molecule has 3 aromatic carbocycles. The number of benzene rings is 3. The van der Waals surface area contributed by atoms with E-state index in [0.29, 0.717) is 31.9 Å². The number of nitro benzene ring substituents is 1. The summed E-state index contributed by atoms with van der Waals surface area (Å²) >= 11 is 8.08. The largest absolute Gasteiger partial charge is 0.489 e. The SMILES string of the molecule is Cc1ccccc1COc1ccc([N+](=O)[O-])cc1[C@@H]1c2sc(=O)[nH]c2S[C@H]2C(=O)N(c3ccc(Cl)cc3)C(=O)[C@@H]12. The molecular weight excluding hydrogens is 574 g/mol. The van der Waals surface area contributed by atoms with Crippen molar-refractivity contribution in [2.75, 3.05) is 4.90 Å². The number of nitro groups is 1. The van der Waals surface area contributed by atoms with Crippen molar-refractivity contribution in [1.29, 1.82) is 0 Å². The van der Waals surface area contributed by atoms with Crippen LogP contribution < -0.4 is 14.5 Å². The van der Waals surface area contributed by atoms with Gasteiger partial charge in [-0.05, 0) is 48.4 Å². The number of halogens is 1. The smallest absolute Gasteiger partial charge is 0.305 e. The Morgan fingerprint density at radius 2 is 1.80 bits per heavy atom. The molecule has 4 aromatic rings. The first-order valence-electron chi connectivity index (χ1n) is 12.2. The molecule has 2 aliphatic heterocycles. The lowest BCUT2D eigenvalue weighted by Gasteiger charge is -2.30. The van der Waals surface area contributed by atoms with Gasteiger partial charge in [0.25, 0.3) is 5.69 Å². The fourth-order valence-electron chi connectivity index (χ4n) is 5.15. The van der Waals surface area contributed by atoms with Crippen molar-refractivity contribution < 1.29 is 19.2 Å². The summed E-state index contributed by atoms with van der Waals surface area (Å²) < 4.78 is 6.21. The van der Waals surface area contributed by atoms with Crippen molar-refractivity contribution in [2.24, 2.45) is 5.92 Å². The number of aromatic amines is 1. The zero-order valence-electron chi connectivity index (χ0n) is 20.8. The van der Waals surface area contributed by atoms with E-state index in [1.165, 1.54) is 18.2 Å². The fraction of sp³-hybridized carbons (Fsp3) is 0.179. The second-order valence-electron chi connectivity index (χ2n) is 9.43. The molecule has 0 saturated carbocycles. The van der Waals surface area contributed by atoms with Crippen LogP contribution in [0.2, 0.25) is 5.02 Å². The van der Waals surface area contributed by atoms with Crippen molar-refractivity contribution in [2.45, 2.75) is 29.7 Å². The Hall–Kier alpha value is -3.93. The molecule has 6 rings (SSSR count). The molecule has 2 aliphatic rings. The minimum absolute atomic E-state index is 0.188. The quantitative estimate of drug-likeness (QED) is 0.173. The Kier molecular flexibility index (Phi) is 6.73. The van der Waals surface area contributed by atoms with E-state index in [1.54, 1.807) is 24.3 Å². The van der Waals surface area contributed by atoms with Gasteiger partial charge in [0, 0.05) is 33.5 Å². The summed E-state index contributed by atoms with van der Waals surface area (Å²) in [5.74, 6) is -2.31. The summed E-state index contributed by atoms with van der Waals surface area (Å²) in [6, 6.07) is 18.3. The van der Waals surface area contributed by atoms with Crippen molar-refractivity contribution >= 4 is 57.9 Å². The third-order valence-corrected chi connectivity index (χ3v) is 9.75. The molecule has 0 spiro atoms. The molecule has 40 heavy (non-hydrogen) atoms. The third kappa shape index (κ3) is 4.49. The number of aryl methyl sites for hydroxylation is 1. The highest BCUT2D eigenvalue weighted by Crippen LogP contribution is 2.55. The van der Waals surface area contributed by atoms with E-state index in [-0.39, 0.29) is 17.2 Å². The molecule has 3 heterocycles. The maximum Gasteiger partial charge on any atom is 0.305 e. The van der Waals surface area contributed by atoms with Crippen LogP contribution in [-0.2, 0) is 16.2 Å². The zero-order valence-corrected chi connectivity index (χ0v) is 23.2. The van der Waals surface area contributed by atoms with Gasteiger partial charge < -0.3 is 9.72 Å². The highest BCUT2D eigenvalue weighted by molar-refractivity contribution is 8.00. The number of H-pyrrole nitrogens is 1. The van der Waals surface area contributed by atoms with Gasteiger partial charge >= 0.3 is 4.87 Å². The number of thioether (sulfide) groups is 1. The monoisotopic (exact) mass is 593 g/mol. The van der Waals surface area contributed by atoms with Crippen LogP contribution in [0.25, 0.3) is 0 Å². The first-order valence-corrected chi connectivity index (χ1v) is 14.3. The second kappa shape index (κ2) is 10.2. The van der Waals surface area contributed by atoms with Crippen LogP contribution in [-0.4, -0.2) is 27.0 Å². The Morgan fingerprint density at radius 3 is 2.52 bits per heavy atom. The summed E-state index contributed by atoms with van der Waals surface area (Å²) in [4.78, 5) is 55.5. The van der Waals surface area contributed by atoms with E-state index >= 15 is 0 Å². The minimum atomic E-state index is -0.921. The summed E-state index contributed by atoms with van der Waals surface area (Å²) in [7, 11) is 0. The summed E-state index contributed by atoms with van der Waals surface area (Å²) in [6.45, 7) is 2.14. The van der Waals surface area contributed by atoms with E-state index in [9.17, 15) is 24.5 Å². The standard InChI is InChI=1S/C28H20ClN3O6S2/c1-14-4-2-3-5-15(14)13-38-20-11-10-18(32(36)37)12-19(20)21-22-24(39-25-23(21)40-28(35)30-25)27(34)31(26(22)33)17-8-6-16(29)7-9-17/h2-12,21-22,24H,13H2,1H3,(H,30,35)/t21-,22-,24+/m0/s1. The average Bonchev–Trinajstić information content (AvgIpc) is 3.43. The minimum Gasteiger partial charge on any atom is -0.489 e. The molecule has 0 bridgehead atoms. The maximum atomic E-state index is 14.0. The Balaban J connectivity index is 1.48. The number of ether oxygens (including phenoxy) is 1. The zero-order chi connectivity index (χ0) is 28.1. The number of imide groups is 1. The van der Waals surface area contributed by atoms with Gasteiger partial charge in [-0.15, -0.1) is 0 Å². The maximum absolute atomic E-state index is 14.0. The highest BCUT2D eigenvalue weighted by Gasteiger charge is 2.57. The predicted octanol–water partition coefficient (Wildman–Crippen LogP) is 5.68. The number of non-ortho nitro benzene ring substituents is 1. The van der Waals surface area contributed by atoms with Crippen LogP contribution >= 0.6 is 34.7 Å². The number of nitrogens with zero attached hydrogens (tertiary/aromatic N) is 2. The number of hydrogen-bond donors (Lipinski definition) is 1. The number of carbonyl (C=O) groups excluding carboxylic acids is 2. The Labute approximate surface area is 240 Å². The van der Waals surface area contributed by atoms with Crippen LogP contribution in [0.15, 0.2) is 76.6 Å². The lowest BCUT2D eigenvalue weighted by atomic mass is 9.82. The Morgan fingerprint density at radius 1 is 1.05 bits per heavy atom. The number of thiazole rings is 1. The first-order chi connectivity index (χ1) is 19.2. The molecule has 0 aliphatic carbocycles. The second-order valence-corrected chi connectivity index (χ2v) is 12.0. The summed E-state index contributed by atoms with van der Waals surface area (Å²) in [5.41, 5.74) is 2.50. The van der Waals surface area contributed by atoms with Crippen LogP contribution in [0, 0.1) is 23.0 Å². The Bertz CT molecular complexity index is 1730. The lowest BCUT2D eigenvalue weighted by Crippen LogP contribution is -2.32. The highest BCUT2D eigenvalue weighted by atomic mass is 35.5. The van der Waals surface area contributed by atoms with Gasteiger partial charge in [-0.1, -0.05) is 59.0 Å². The van der Waals surface area contributed by atoms with E-state index in [0.717, 1.165) is 39.1 Å². The van der Waals surface area contributed by atoms with Crippen molar-refractivity contribution in [1.82, 2.24) is 4.98 Å². The summed E-state index contributed by atoms with van der Waals surface area (Å²) in [5, 5.41) is 11.9. The van der Waals surface area contributed by atoms with E-state index < -0.39 is 33.8 Å². The molecule has 1 fully saturated rings. The number of hydrogen-bond acceptors (Lipinski definition) is 8. The molecule has 202 valence electrons.